The first kappa shape index (κ1) is 9.81. The van der Waals surface area contributed by atoms with E-state index >= 15 is 0 Å². The molecule has 2 rings (SSSR count). The van der Waals surface area contributed by atoms with Crippen molar-refractivity contribution in [3.05, 3.63) is 33.8 Å². The number of hydrogen-bond donors (Lipinski definition) is 1. The molecule has 0 aliphatic carbocycles. The van der Waals surface area contributed by atoms with Crippen molar-refractivity contribution in [3.8, 4) is 0 Å². The molecule has 0 amide bonds. The van der Waals surface area contributed by atoms with Gasteiger partial charge in [-0.15, -0.1) is 0 Å². The molecule has 0 radical (unpaired) electrons. The molecule has 4 heteroatoms. The maximum absolute atomic E-state index is 6.06. The van der Waals surface area contributed by atoms with Crippen molar-refractivity contribution in [2.75, 3.05) is 13.1 Å². The molecule has 0 saturated carbocycles. The van der Waals surface area contributed by atoms with Gasteiger partial charge in [-0.25, -0.2) is 0 Å². The number of nitrogens with zero attached hydrogens (tertiary/aromatic N) is 1. The Morgan fingerprint density at radius 2 is 2.21 bits per heavy atom. The van der Waals surface area contributed by atoms with Crippen LogP contribution in [0.2, 0.25) is 10.0 Å². The van der Waals surface area contributed by atoms with E-state index in [1.54, 1.807) is 6.07 Å². The van der Waals surface area contributed by atoms with Gasteiger partial charge < -0.3 is 5.32 Å². The van der Waals surface area contributed by atoms with Crippen LogP contribution in [0.1, 0.15) is 5.56 Å². The normalized spacial score (nSPS) is 15.1. The van der Waals surface area contributed by atoms with Gasteiger partial charge in [-0.1, -0.05) is 35.3 Å². The summed E-state index contributed by atoms with van der Waals surface area (Å²) >= 11 is 12.0. The van der Waals surface area contributed by atoms with Crippen molar-refractivity contribution in [3.63, 3.8) is 0 Å². The maximum Gasteiger partial charge on any atom is 0.101 e. The molecule has 1 aliphatic heterocycles. The van der Waals surface area contributed by atoms with E-state index < -0.39 is 0 Å². The van der Waals surface area contributed by atoms with E-state index in [1.807, 2.05) is 12.1 Å². The van der Waals surface area contributed by atoms with Crippen LogP contribution in [0.25, 0.3) is 0 Å². The topological polar surface area (TPSA) is 24.4 Å². The number of rotatable bonds is 2. The minimum atomic E-state index is 0.600. The average molecular weight is 229 g/mol. The Labute approximate surface area is 92.9 Å². The van der Waals surface area contributed by atoms with Gasteiger partial charge in [0.2, 0.25) is 0 Å². The molecule has 14 heavy (non-hydrogen) atoms. The van der Waals surface area contributed by atoms with Crippen molar-refractivity contribution in [1.29, 1.82) is 0 Å². The fourth-order valence-corrected chi connectivity index (χ4v) is 1.82. The van der Waals surface area contributed by atoms with Crippen LogP contribution >= 0.6 is 23.2 Å². The van der Waals surface area contributed by atoms with Gasteiger partial charge in [0, 0.05) is 13.0 Å². The van der Waals surface area contributed by atoms with E-state index in [2.05, 4.69) is 10.3 Å². The third kappa shape index (κ3) is 2.02. The smallest absolute Gasteiger partial charge is 0.101 e. The highest BCUT2D eigenvalue weighted by Crippen LogP contribution is 2.25. The summed E-state index contributed by atoms with van der Waals surface area (Å²) in [5, 5.41) is 4.43. The highest BCUT2D eigenvalue weighted by molar-refractivity contribution is 6.42. The Morgan fingerprint density at radius 3 is 2.93 bits per heavy atom. The lowest BCUT2D eigenvalue weighted by atomic mass is 10.1. The second kappa shape index (κ2) is 4.20. The molecule has 0 atom stereocenters. The molecule has 0 aromatic heterocycles. The lowest BCUT2D eigenvalue weighted by molar-refractivity contribution is 0.953. The first-order valence-electron chi connectivity index (χ1n) is 4.47. The number of nitrogens with one attached hydrogen (secondary N) is 1. The Morgan fingerprint density at radius 1 is 1.36 bits per heavy atom. The molecule has 1 aromatic rings. The van der Waals surface area contributed by atoms with Crippen molar-refractivity contribution in [1.82, 2.24) is 5.32 Å². The Hall–Kier alpha value is -0.730. The van der Waals surface area contributed by atoms with E-state index in [9.17, 15) is 0 Å². The predicted octanol–water partition coefficient (Wildman–Crippen LogP) is 2.54. The van der Waals surface area contributed by atoms with Gasteiger partial charge in [0.1, 0.15) is 5.84 Å². The standard InChI is InChI=1S/C10H10Cl2N2/c11-8-3-1-2-7(10(8)12)6-9-13-4-5-14-9/h1-3H,4-6H2,(H,13,14). The molecule has 0 bridgehead atoms. The molecule has 2 nitrogen and oxygen atoms in total. The Balaban J connectivity index is 2.20. The van der Waals surface area contributed by atoms with Gasteiger partial charge in [-0.3, -0.25) is 4.99 Å². The average Bonchev–Trinajstić information content (AvgIpc) is 2.66. The largest absolute Gasteiger partial charge is 0.372 e. The number of aliphatic imine (C=N–C) groups is 1. The molecule has 1 N–H and O–H groups in total. The quantitative estimate of drug-likeness (QED) is 0.827. The van der Waals surface area contributed by atoms with E-state index in [-0.39, 0.29) is 0 Å². The molecule has 74 valence electrons. The SMILES string of the molecule is Clc1cccc(CC2=NCCN2)c1Cl. The van der Waals surface area contributed by atoms with Crippen LogP contribution in [0.3, 0.4) is 0 Å². The third-order valence-electron chi connectivity index (χ3n) is 2.13. The van der Waals surface area contributed by atoms with Crippen LogP contribution < -0.4 is 5.32 Å². The van der Waals surface area contributed by atoms with E-state index in [4.69, 9.17) is 23.2 Å². The molecule has 0 saturated heterocycles. The van der Waals surface area contributed by atoms with Gasteiger partial charge in [0.15, 0.2) is 0 Å². The Bertz CT molecular complexity index is 374. The van der Waals surface area contributed by atoms with E-state index in [1.165, 1.54) is 0 Å². The van der Waals surface area contributed by atoms with Crippen LogP contribution in [0.15, 0.2) is 23.2 Å². The summed E-state index contributed by atoms with van der Waals surface area (Å²) in [6.07, 6.45) is 0.736. The lowest BCUT2D eigenvalue weighted by Gasteiger charge is -2.05. The Kier molecular flexibility index (Phi) is 2.94. The zero-order chi connectivity index (χ0) is 9.97. The second-order valence-corrected chi connectivity index (χ2v) is 3.93. The number of amidine groups is 1. The fourth-order valence-electron chi connectivity index (χ4n) is 1.43. The zero-order valence-electron chi connectivity index (χ0n) is 7.56. The summed E-state index contributed by atoms with van der Waals surface area (Å²) in [5.41, 5.74) is 1.02. The second-order valence-electron chi connectivity index (χ2n) is 3.14. The maximum atomic E-state index is 6.06. The first-order valence-corrected chi connectivity index (χ1v) is 5.23. The number of hydrogen-bond acceptors (Lipinski definition) is 2. The summed E-state index contributed by atoms with van der Waals surface area (Å²) in [6, 6.07) is 5.66. The van der Waals surface area contributed by atoms with Gasteiger partial charge in [0.25, 0.3) is 0 Å². The highest BCUT2D eigenvalue weighted by Gasteiger charge is 2.09. The number of benzene rings is 1. The molecular formula is C10H10Cl2N2. The van der Waals surface area contributed by atoms with Gasteiger partial charge in [-0.2, -0.15) is 0 Å². The molecule has 0 fully saturated rings. The summed E-state index contributed by atoms with van der Waals surface area (Å²) in [5.74, 6) is 0.995. The van der Waals surface area contributed by atoms with Crippen molar-refractivity contribution in [2.24, 2.45) is 4.99 Å². The van der Waals surface area contributed by atoms with Crippen LogP contribution in [0.5, 0.6) is 0 Å². The van der Waals surface area contributed by atoms with Gasteiger partial charge in [-0.05, 0) is 11.6 Å². The zero-order valence-corrected chi connectivity index (χ0v) is 9.07. The summed E-state index contributed by atoms with van der Waals surface area (Å²) in [7, 11) is 0. The third-order valence-corrected chi connectivity index (χ3v) is 2.99. The van der Waals surface area contributed by atoms with E-state index in [0.29, 0.717) is 10.0 Å². The fraction of sp³-hybridized carbons (Fsp3) is 0.300. The summed E-state index contributed by atoms with van der Waals surface area (Å²) in [4.78, 5) is 4.31. The summed E-state index contributed by atoms with van der Waals surface area (Å²) < 4.78 is 0. The van der Waals surface area contributed by atoms with Gasteiger partial charge >= 0.3 is 0 Å². The minimum absolute atomic E-state index is 0.600. The number of halogens is 2. The molecule has 1 aromatic carbocycles. The van der Waals surface area contributed by atoms with Crippen LogP contribution in [0, 0.1) is 0 Å². The molecule has 1 heterocycles. The molecular weight excluding hydrogens is 219 g/mol. The first-order chi connectivity index (χ1) is 6.77. The van der Waals surface area contributed by atoms with Crippen molar-refractivity contribution in [2.45, 2.75) is 6.42 Å². The highest BCUT2D eigenvalue weighted by atomic mass is 35.5. The van der Waals surface area contributed by atoms with Crippen LogP contribution in [-0.2, 0) is 6.42 Å². The monoisotopic (exact) mass is 228 g/mol. The molecule has 1 aliphatic rings. The van der Waals surface area contributed by atoms with Crippen molar-refractivity contribution >= 4 is 29.0 Å². The van der Waals surface area contributed by atoms with Crippen LogP contribution in [0.4, 0.5) is 0 Å². The molecule has 0 unspecified atom stereocenters. The summed E-state index contributed by atoms with van der Waals surface area (Å²) in [6.45, 7) is 1.78. The van der Waals surface area contributed by atoms with Crippen LogP contribution in [-0.4, -0.2) is 18.9 Å². The van der Waals surface area contributed by atoms with E-state index in [0.717, 1.165) is 30.9 Å². The molecule has 0 spiro atoms. The predicted molar refractivity (Wildman–Crippen MR) is 60.5 cm³/mol. The van der Waals surface area contributed by atoms with Gasteiger partial charge in [0.05, 0.1) is 16.6 Å². The minimum Gasteiger partial charge on any atom is -0.372 e. The lowest BCUT2D eigenvalue weighted by Crippen LogP contribution is -2.20. The van der Waals surface area contributed by atoms with Crippen molar-refractivity contribution < 1.29 is 0 Å².